The minimum Gasteiger partial charge on any atom is -0.465 e. The van der Waals surface area contributed by atoms with E-state index in [1.54, 1.807) is 140 Å². The molecule has 0 bridgehead atoms. The second-order valence-electron chi connectivity index (χ2n) is 26.3. The minimum absolute atomic E-state index is 0.0754. The van der Waals surface area contributed by atoms with Gasteiger partial charge in [-0.1, -0.05) is 0 Å². The van der Waals surface area contributed by atoms with Gasteiger partial charge in [0.1, 0.15) is 5.54 Å². The largest absolute Gasteiger partial charge is 0.465 e. The van der Waals surface area contributed by atoms with Gasteiger partial charge in [0.05, 0.1) is 18.1 Å². The van der Waals surface area contributed by atoms with Crippen molar-refractivity contribution in [2.45, 2.75) is 17.9 Å². The Labute approximate surface area is 402 Å². The summed E-state index contributed by atoms with van der Waals surface area (Å²) in [5, 5.41) is 82.6. The Morgan fingerprint density at radius 3 is 0.757 bits per heavy atom. The van der Waals surface area contributed by atoms with Gasteiger partial charge in [-0.05, 0) is 326 Å². The Kier molecular flexibility index (Phi) is 2.39. The van der Waals surface area contributed by atoms with E-state index in [1.807, 2.05) is 13.0 Å². The van der Waals surface area contributed by atoms with Crippen LogP contribution in [0.4, 0.5) is 5.69 Å². The molecule has 312 valence electrons. The number of fused-ring (bicyclic) bond motifs is 1. The molecule has 0 saturated heterocycles. The number of hydrogen-bond acceptors (Lipinski definition) is 3. The predicted octanol–water partition coefficient (Wildman–Crippen LogP) is 17.5. The van der Waals surface area contributed by atoms with Gasteiger partial charge in [0.2, 0.25) is 5.91 Å². The van der Waals surface area contributed by atoms with Crippen molar-refractivity contribution in [1.82, 2.24) is 0 Å². The average Bonchev–Trinajstić information content (AvgIpc) is 2.94. The zero-order chi connectivity index (χ0) is 44.8. The monoisotopic (exact) mass is 911 g/mol. The van der Waals surface area contributed by atoms with Crippen LogP contribution in [-0.4, -0.2) is 19.0 Å². The molecule has 0 atom stereocenters. The number of amides is 1. The van der Waals surface area contributed by atoms with Gasteiger partial charge in [0.15, 0.2) is 0 Å². The Bertz CT molecular complexity index is 7500. The number of rotatable bonds is 1. The summed E-state index contributed by atoms with van der Waals surface area (Å²) in [7, 11) is 1.52. The number of carbonyl (C=O) groups excluding carboxylic acids is 2. The Hall–Kier alpha value is -9.38. The van der Waals surface area contributed by atoms with Crippen LogP contribution in [0.2, 0.25) is 0 Å². The highest BCUT2D eigenvalue weighted by atomic mass is 16.5. The fraction of sp³-hybridized carbons (Fsp3) is 0.0571. The third-order valence-electron chi connectivity index (χ3n) is 26.0. The SMILES string of the molecule is COC(=O)c1ccc2c(c1)C13c4c5c6c7c8c9c(c%10c%11c1c1c4c4c%12c5c5c6c6c8c8c%13c9c9c%10c%10c%11c%11c1c1c4c4c%12c%12c5c5c6c8c6c8c%13c9c9c%10c%10c%11c1c1c4c4c%12c5c6c5c8c9c%10c1c45)C73N2C(C)=O. The van der Waals surface area contributed by atoms with Crippen molar-refractivity contribution in [3.05, 3.63) is 51.6 Å². The summed E-state index contributed by atoms with van der Waals surface area (Å²) < 4.78 is 5.68. The average molecular weight is 912 g/mol. The maximum absolute atomic E-state index is 16.1. The second kappa shape index (κ2) is 6.32. The first-order valence-corrected chi connectivity index (χ1v) is 26.9. The quantitative estimate of drug-likeness (QED) is 0.122. The minimum atomic E-state index is -0.943. The molecule has 4 nitrogen and oxygen atoms in total. The summed E-state index contributed by atoms with van der Waals surface area (Å²) in [4.78, 5) is 32.7. The van der Waals surface area contributed by atoms with Crippen molar-refractivity contribution in [3.8, 4) is 0 Å². The molecule has 4 aliphatic carbocycles. The number of ether oxygens (including phenoxy) is 1. The normalized spacial score (nSPS) is 21.6. The molecule has 4 heteroatoms. The lowest BCUT2D eigenvalue weighted by atomic mass is 9.52. The number of esters is 1. The molecule has 1 aliphatic heterocycles. The van der Waals surface area contributed by atoms with Crippen LogP contribution < -0.4 is 4.90 Å². The van der Waals surface area contributed by atoms with Crippen molar-refractivity contribution in [1.29, 1.82) is 0 Å². The van der Waals surface area contributed by atoms with Gasteiger partial charge in [0.25, 0.3) is 0 Å². The van der Waals surface area contributed by atoms with Gasteiger partial charge in [-0.25, -0.2) is 4.79 Å². The number of anilines is 1. The Morgan fingerprint density at radius 1 is 0.324 bits per heavy atom. The molecule has 74 heavy (non-hydrogen) atoms. The van der Waals surface area contributed by atoms with Crippen LogP contribution in [0.5, 0.6) is 0 Å². The van der Waals surface area contributed by atoms with Crippen LogP contribution >= 0.6 is 0 Å². The van der Waals surface area contributed by atoms with Crippen LogP contribution in [0, 0.1) is 0 Å². The molecule has 1 amide bonds. The lowest BCUT2D eigenvalue weighted by Gasteiger charge is -2.53. The van der Waals surface area contributed by atoms with Crippen LogP contribution in [0.25, 0.3) is 291 Å². The number of carbonyl (C=O) groups is 2. The van der Waals surface area contributed by atoms with Gasteiger partial charge in [0, 0.05) is 23.7 Å². The molecular formula is C70H9NO3. The molecular weight excluding hydrogens is 903 g/mol. The van der Waals surface area contributed by atoms with Gasteiger partial charge >= 0.3 is 5.97 Å². The Balaban J connectivity index is 1.16. The lowest BCUT2D eigenvalue weighted by molar-refractivity contribution is -0.117. The summed E-state index contributed by atoms with van der Waals surface area (Å²) in [5.74, 6) is -0.251. The third kappa shape index (κ3) is 1.47. The maximum atomic E-state index is 16.1. The van der Waals surface area contributed by atoms with Crippen molar-refractivity contribution in [2.75, 3.05) is 12.0 Å². The van der Waals surface area contributed by atoms with Crippen molar-refractivity contribution < 1.29 is 14.3 Å². The number of hydrogen-bond donors (Lipinski definition) is 0. The first-order valence-electron chi connectivity index (χ1n) is 26.9. The van der Waals surface area contributed by atoms with Gasteiger partial charge in [-0.3, -0.25) is 9.69 Å². The highest BCUT2D eigenvalue weighted by Gasteiger charge is 2.76. The zero-order valence-corrected chi connectivity index (χ0v) is 37.9. The van der Waals surface area contributed by atoms with E-state index in [2.05, 4.69) is 17.0 Å². The highest BCUT2D eigenvalue weighted by molar-refractivity contribution is 6.82. The number of benzene rings is 19. The van der Waals surface area contributed by atoms with Crippen LogP contribution in [0.1, 0.15) is 45.1 Å². The van der Waals surface area contributed by atoms with E-state index >= 15 is 4.79 Å². The summed E-state index contributed by atoms with van der Waals surface area (Å²) in [6.45, 7) is 1.86. The molecule has 1 heterocycles. The van der Waals surface area contributed by atoms with E-state index < -0.39 is 11.0 Å². The molecule has 5 aliphatic rings. The van der Waals surface area contributed by atoms with Crippen molar-refractivity contribution in [2.24, 2.45) is 0 Å². The molecule has 29 aromatic rings. The summed E-state index contributed by atoms with van der Waals surface area (Å²) in [5.41, 5.74) is 6.54. The van der Waals surface area contributed by atoms with Crippen LogP contribution in [-0.2, 0) is 20.5 Å². The fourth-order valence-electron chi connectivity index (χ4n) is 25.9. The van der Waals surface area contributed by atoms with Gasteiger partial charge < -0.3 is 4.74 Å². The second-order valence-corrected chi connectivity index (χ2v) is 26.3. The maximum Gasteiger partial charge on any atom is 0.337 e. The van der Waals surface area contributed by atoms with E-state index in [1.165, 1.54) is 180 Å². The van der Waals surface area contributed by atoms with E-state index in [0.29, 0.717) is 5.56 Å². The van der Waals surface area contributed by atoms with E-state index in [9.17, 15) is 4.79 Å². The highest BCUT2D eigenvalue weighted by Crippen LogP contribution is 2.87. The summed E-state index contributed by atoms with van der Waals surface area (Å²) in [6.07, 6.45) is 0. The molecule has 0 aromatic heterocycles. The van der Waals surface area contributed by atoms with Gasteiger partial charge in [-0.2, -0.15) is 0 Å². The molecule has 0 fully saturated rings. The standard InChI is InChI=1S/C70H9NO3/c1-6(72)71-9-4-3-7(68(73)74-2)5-8(9)69-64-56-48-38-28-20-12-10-11-14-18-16(12)24-32-26(18)36-30-22(14)23-15(11)19-17-13(10)21(20)29-35-25(17)33-27(19)37-31(23)41-40(30)52-46(36)54-44(32)50(42(48)34(24)28)58(64)60(54)66-62(52)63-53(41)47(37)55-45(33)51-43(35)49(39(29)38)57(56)65(69)59(51)61(55)67(63)70(66,69)71/h3-5H,1-2H3. The number of nitrogens with zero attached hydrogens (tertiary/aromatic N) is 1. The first-order chi connectivity index (χ1) is 36.6. The fourth-order valence-corrected chi connectivity index (χ4v) is 25.9. The van der Waals surface area contributed by atoms with E-state index in [-0.39, 0.29) is 11.9 Å². The molecule has 0 unspecified atom stereocenters. The lowest BCUT2D eigenvalue weighted by Crippen LogP contribution is -2.59. The molecule has 34 rings (SSSR count). The zero-order valence-electron chi connectivity index (χ0n) is 37.9. The van der Waals surface area contributed by atoms with Crippen LogP contribution in [0.15, 0.2) is 18.2 Å². The smallest absolute Gasteiger partial charge is 0.337 e. The molecule has 2 spiro atoms. The van der Waals surface area contributed by atoms with Crippen LogP contribution in [0.3, 0.4) is 0 Å². The van der Waals surface area contributed by atoms with Crippen molar-refractivity contribution in [3.63, 3.8) is 0 Å². The van der Waals surface area contributed by atoms with Crippen molar-refractivity contribution >= 4 is 308 Å². The summed E-state index contributed by atoms with van der Waals surface area (Å²) >= 11 is 0. The third-order valence-corrected chi connectivity index (χ3v) is 26.0. The van der Waals surface area contributed by atoms with E-state index in [4.69, 9.17) is 4.74 Å². The topological polar surface area (TPSA) is 46.6 Å². The van der Waals surface area contributed by atoms with Gasteiger partial charge in [-0.15, -0.1) is 0 Å². The predicted molar refractivity (Wildman–Crippen MR) is 304 cm³/mol. The molecule has 29 aromatic carbocycles. The number of methoxy groups -OCH3 is 1. The molecule has 0 saturated carbocycles. The van der Waals surface area contributed by atoms with E-state index in [0.717, 1.165) is 11.3 Å². The molecule has 0 N–H and O–H groups in total. The Morgan fingerprint density at radius 2 is 0.541 bits per heavy atom. The summed E-state index contributed by atoms with van der Waals surface area (Å²) in [6, 6.07) is 6.35. The first kappa shape index (κ1) is 28.0. The molecule has 0 radical (unpaired) electrons.